The Morgan fingerprint density at radius 1 is 1.40 bits per heavy atom. The van der Waals surface area contributed by atoms with Gasteiger partial charge in [0.1, 0.15) is 5.82 Å². The van der Waals surface area contributed by atoms with Gasteiger partial charge in [-0.15, -0.1) is 0 Å². The van der Waals surface area contributed by atoms with Crippen molar-refractivity contribution in [2.24, 2.45) is 0 Å². The van der Waals surface area contributed by atoms with E-state index in [2.05, 4.69) is 5.32 Å². The number of nitrogens with zero attached hydrogens (tertiary/aromatic N) is 1. The van der Waals surface area contributed by atoms with E-state index in [4.69, 9.17) is 11.6 Å². The van der Waals surface area contributed by atoms with Crippen LogP contribution in [0.1, 0.15) is 26.7 Å². The molecule has 0 bridgehead atoms. The quantitative estimate of drug-likeness (QED) is 0.930. The zero-order valence-electron chi connectivity index (χ0n) is 11.4. The van der Waals surface area contributed by atoms with Gasteiger partial charge in [0.15, 0.2) is 5.82 Å². The Morgan fingerprint density at radius 3 is 2.70 bits per heavy atom. The predicted octanol–water partition coefficient (Wildman–Crippen LogP) is 3.11. The summed E-state index contributed by atoms with van der Waals surface area (Å²) in [7, 11) is 0. The van der Waals surface area contributed by atoms with Gasteiger partial charge in [-0.2, -0.15) is 0 Å². The van der Waals surface area contributed by atoms with E-state index in [1.165, 1.54) is 4.90 Å². The van der Waals surface area contributed by atoms with Gasteiger partial charge in [0, 0.05) is 18.7 Å². The molecule has 0 aromatic heterocycles. The summed E-state index contributed by atoms with van der Waals surface area (Å²) in [5.74, 6) is -1.79. The Balaban J connectivity index is 2.30. The minimum Gasteiger partial charge on any atom is -0.307 e. The fraction of sp³-hybridized carbons (Fsp3) is 0.500. The second-order valence-electron chi connectivity index (χ2n) is 5.22. The molecule has 20 heavy (non-hydrogen) atoms. The van der Waals surface area contributed by atoms with Crippen LogP contribution in [0.15, 0.2) is 12.1 Å². The summed E-state index contributed by atoms with van der Waals surface area (Å²) in [6.45, 7) is 4.27. The number of anilines is 1. The van der Waals surface area contributed by atoms with Crippen molar-refractivity contribution in [2.75, 3.05) is 11.4 Å². The number of hydrogen-bond acceptors (Lipinski definition) is 2. The van der Waals surface area contributed by atoms with E-state index in [1.54, 1.807) is 0 Å². The van der Waals surface area contributed by atoms with Gasteiger partial charge in [0.2, 0.25) is 5.91 Å². The lowest BCUT2D eigenvalue weighted by atomic mass is 10.0. The van der Waals surface area contributed by atoms with Crippen LogP contribution in [0.5, 0.6) is 0 Å². The Bertz CT molecular complexity index is 499. The first-order valence-electron chi connectivity index (χ1n) is 6.62. The van der Waals surface area contributed by atoms with Crippen LogP contribution in [0.25, 0.3) is 0 Å². The van der Waals surface area contributed by atoms with Crippen LogP contribution < -0.4 is 10.2 Å². The Morgan fingerprint density at radius 2 is 2.10 bits per heavy atom. The summed E-state index contributed by atoms with van der Waals surface area (Å²) in [5.41, 5.74) is -0.0340. The molecular formula is C14H17ClF2N2O. The van der Waals surface area contributed by atoms with Gasteiger partial charge >= 0.3 is 0 Å². The van der Waals surface area contributed by atoms with Gasteiger partial charge in [-0.25, -0.2) is 8.78 Å². The third-order valence-corrected chi connectivity index (χ3v) is 3.51. The number of rotatable bonds is 3. The minimum absolute atomic E-state index is 0.0340. The summed E-state index contributed by atoms with van der Waals surface area (Å²) in [6, 6.07) is 1.56. The summed E-state index contributed by atoms with van der Waals surface area (Å²) in [6.07, 6.45) is 1.44. The molecule has 1 aromatic rings. The number of piperidine rings is 1. The Kier molecular flexibility index (Phi) is 4.60. The molecule has 1 unspecified atom stereocenters. The molecule has 110 valence electrons. The van der Waals surface area contributed by atoms with Crippen molar-refractivity contribution in [3.05, 3.63) is 28.8 Å². The third kappa shape index (κ3) is 3.10. The van der Waals surface area contributed by atoms with E-state index in [9.17, 15) is 13.6 Å². The molecule has 2 rings (SSSR count). The fourth-order valence-electron chi connectivity index (χ4n) is 2.45. The lowest BCUT2D eigenvalue weighted by Crippen LogP contribution is -2.52. The van der Waals surface area contributed by atoms with Crippen LogP contribution in [0.2, 0.25) is 5.02 Å². The van der Waals surface area contributed by atoms with Gasteiger partial charge < -0.3 is 10.2 Å². The maximum absolute atomic E-state index is 13.9. The summed E-state index contributed by atoms with van der Waals surface area (Å²) in [5, 5.41) is 3.07. The summed E-state index contributed by atoms with van der Waals surface area (Å²) >= 11 is 5.89. The summed E-state index contributed by atoms with van der Waals surface area (Å²) < 4.78 is 27.0. The van der Waals surface area contributed by atoms with Crippen LogP contribution in [0.3, 0.4) is 0 Å². The van der Waals surface area contributed by atoms with Crippen molar-refractivity contribution < 1.29 is 13.6 Å². The van der Waals surface area contributed by atoms with Crippen LogP contribution in [0, 0.1) is 11.6 Å². The van der Waals surface area contributed by atoms with Crippen molar-refractivity contribution in [3.8, 4) is 0 Å². The highest BCUT2D eigenvalue weighted by atomic mass is 35.5. The molecular weight excluding hydrogens is 286 g/mol. The lowest BCUT2D eigenvalue weighted by Gasteiger charge is -2.34. The van der Waals surface area contributed by atoms with E-state index in [0.29, 0.717) is 13.0 Å². The molecule has 1 atom stereocenters. The number of nitrogens with one attached hydrogen (secondary N) is 1. The number of carbonyl (C=O) groups is 1. The van der Waals surface area contributed by atoms with E-state index in [0.717, 1.165) is 18.6 Å². The number of hydrogen-bond donors (Lipinski definition) is 1. The van der Waals surface area contributed by atoms with Gasteiger partial charge in [-0.05, 0) is 18.9 Å². The Labute approximate surface area is 121 Å². The standard InChI is InChI=1S/C14H17ClF2N2O/c1-8(2)18-12-4-3-5-19(14(12)20)13-10(15)6-9(16)7-11(13)17/h6-8,12,18H,3-5H2,1-2H3. The maximum Gasteiger partial charge on any atom is 0.244 e. The normalized spacial score (nSPS) is 19.8. The van der Waals surface area contributed by atoms with E-state index in [1.807, 2.05) is 13.8 Å². The lowest BCUT2D eigenvalue weighted by molar-refractivity contribution is -0.122. The molecule has 1 fully saturated rings. The fourth-order valence-corrected chi connectivity index (χ4v) is 2.74. The Hall–Kier alpha value is -1.20. The third-order valence-electron chi connectivity index (χ3n) is 3.22. The predicted molar refractivity (Wildman–Crippen MR) is 75.0 cm³/mol. The van der Waals surface area contributed by atoms with Crippen LogP contribution in [-0.2, 0) is 4.79 Å². The first-order chi connectivity index (χ1) is 9.40. The number of benzene rings is 1. The van der Waals surface area contributed by atoms with Gasteiger partial charge in [-0.1, -0.05) is 25.4 Å². The molecule has 3 nitrogen and oxygen atoms in total. The summed E-state index contributed by atoms with van der Waals surface area (Å²) in [4.78, 5) is 13.7. The molecule has 1 aliphatic rings. The second-order valence-corrected chi connectivity index (χ2v) is 5.63. The molecule has 1 N–H and O–H groups in total. The van der Waals surface area contributed by atoms with Crippen molar-refractivity contribution in [1.29, 1.82) is 0 Å². The van der Waals surface area contributed by atoms with E-state index >= 15 is 0 Å². The monoisotopic (exact) mass is 302 g/mol. The number of amides is 1. The van der Waals surface area contributed by atoms with Crippen molar-refractivity contribution in [2.45, 2.75) is 38.8 Å². The van der Waals surface area contributed by atoms with Crippen LogP contribution >= 0.6 is 11.6 Å². The molecule has 1 saturated heterocycles. The first-order valence-corrected chi connectivity index (χ1v) is 7.00. The maximum atomic E-state index is 13.9. The van der Waals surface area contributed by atoms with Crippen molar-refractivity contribution >= 4 is 23.2 Å². The highest BCUT2D eigenvalue weighted by Crippen LogP contribution is 2.32. The first kappa shape index (κ1) is 15.2. The number of halogens is 3. The highest BCUT2D eigenvalue weighted by Gasteiger charge is 2.32. The van der Waals surface area contributed by atoms with E-state index < -0.39 is 11.6 Å². The van der Waals surface area contributed by atoms with Crippen molar-refractivity contribution in [1.82, 2.24) is 5.32 Å². The zero-order chi connectivity index (χ0) is 14.9. The molecule has 1 amide bonds. The van der Waals surface area contributed by atoms with Crippen LogP contribution in [0.4, 0.5) is 14.5 Å². The van der Waals surface area contributed by atoms with E-state index in [-0.39, 0.29) is 28.7 Å². The van der Waals surface area contributed by atoms with Crippen LogP contribution in [-0.4, -0.2) is 24.5 Å². The largest absolute Gasteiger partial charge is 0.307 e. The molecule has 1 heterocycles. The second kappa shape index (κ2) is 6.06. The molecule has 6 heteroatoms. The topological polar surface area (TPSA) is 32.3 Å². The van der Waals surface area contributed by atoms with Gasteiger partial charge in [-0.3, -0.25) is 4.79 Å². The van der Waals surface area contributed by atoms with Gasteiger partial charge in [0.05, 0.1) is 16.8 Å². The molecule has 0 aliphatic carbocycles. The highest BCUT2D eigenvalue weighted by molar-refractivity contribution is 6.34. The zero-order valence-corrected chi connectivity index (χ0v) is 12.2. The molecule has 0 spiro atoms. The average Bonchev–Trinajstić information content (AvgIpc) is 2.32. The minimum atomic E-state index is -0.812. The SMILES string of the molecule is CC(C)NC1CCCN(c2c(F)cc(F)cc2Cl)C1=O. The number of carbonyl (C=O) groups excluding carboxylic acids is 1. The average molecular weight is 303 g/mol. The molecule has 1 aliphatic heterocycles. The molecule has 1 aromatic carbocycles. The smallest absolute Gasteiger partial charge is 0.244 e. The van der Waals surface area contributed by atoms with Gasteiger partial charge in [0.25, 0.3) is 0 Å². The van der Waals surface area contributed by atoms with Crippen molar-refractivity contribution in [3.63, 3.8) is 0 Å². The molecule has 0 radical (unpaired) electrons. The molecule has 0 saturated carbocycles.